The summed E-state index contributed by atoms with van der Waals surface area (Å²) in [4.78, 5) is 4.33. The molecule has 0 aliphatic carbocycles. The highest BCUT2D eigenvalue weighted by Crippen LogP contribution is 2.21. The summed E-state index contributed by atoms with van der Waals surface area (Å²) < 4.78 is 0. The monoisotopic (exact) mass is 266 g/mol. The van der Waals surface area contributed by atoms with Crippen LogP contribution >= 0.6 is 22.9 Å². The van der Waals surface area contributed by atoms with Crippen molar-refractivity contribution in [1.82, 2.24) is 10.3 Å². The van der Waals surface area contributed by atoms with Crippen molar-refractivity contribution in [3.63, 3.8) is 0 Å². The van der Waals surface area contributed by atoms with Gasteiger partial charge in [0, 0.05) is 29.1 Å². The lowest BCUT2D eigenvalue weighted by Crippen LogP contribution is -2.22. The zero-order chi connectivity index (χ0) is 12.1. The lowest BCUT2D eigenvalue weighted by molar-refractivity contribution is 0.548. The summed E-state index contributed by atoms with van der Waals surface area (Å²) in [5.41, 5.74) is 1.26. The number of benzene rings is 1. The van der Waals surface area contributed by atoms with E-state index in [-0.39, 0.29) is 0 Å². The van der Waals surface area contributed by atoms with Crippen molar-refractivity contribution in [2.75, 3.05) is 6.54 Å². The smallest absolute Gasteiger partial charge is 0.0943 e. The summed E-state index contributed by atoms with van der Waals surface area (Å²) in [6.07, 6.45) is 2.78. The van der Waals surface area contributed by atoms with Crippen molar-refractivity contribution in [1.29, 1.82) is 0 Å². The van der Waals surface area contributed by atoms with Crippen LogP contribution < -0.4 is 5.32 Å². The number of aromatic nitrogens is 1. The van der Waals surface area contributed by atoms with Gasteiger partial charge in [0.15, 0.2) is 0 Å². The molecule has 0 saturated carbocycles. The molecule has 0 bridgehead atoms. The summed E-state index contributed by atoms with van der Waals surface area (Å²) >= 11 is 7.60. The Morgan fingerprint density at radius 1 is 1.35 bits per heavy atom. The van der Waals surface area contributed by atoms with E-state index in [9.17, 15) is 0 Å². The van der Waals surface area contributed by atoms with Gasteiger partial charge in [-0.1, -0.05) is 30.7 Å². The van der Waals surface area contributed by atoms with Crippen LogP contribution in [0.3, 0.4) is 0 Å². The first-order valence-electron chi connectivity index (χ1n) is 5.67. The molecule has 0 amide bonds. The fraction of sp³-hybridized carbons (Fsp3) is 0.308. The second-order valence-electron chi connectivity index (χ2n) is 3.79. The number of likely N-dealkylation sites (N-methyl/N-ethyl adjacent to an activating group) is 1. The molecule has 90 valence electrons. The number of hydrogen-bond donors (Lipinski definition) is 1. The standard InChI is InChI=1S/C13H15ClN2S/c1-2-15-12(9-13-16-7-8-17-13)10-3-5-11(14)6-4-10/h3-8,12,15H,2,9H2,1H3. The molecule has 2 nitrogen and oxygen atoms in total. The van der Waals surface area contributed by atoms with Gasteiger partial charge in [-0.2, -0.15) is 0 Å². The Morgan fingerprint density at radius 3 is 2.71 bits per heavy atom. The quantitative estimate of drug-likeness (QED) is 0.893. The average molecular weight is 267 g/mol. The van der Waals surface area contributed by atoms with E-state index in [0.717, 1.165) is 23.0 Å². The van der Waals surface area contributed by atoms with Crippen molar-refractivity contribution in [3.05, 3.63) is 51.4 Å². The fourth-order valence-electron chi connectivity index (χ4n) is 1.78. The summed E-state index contributed by atoms with van der Waals surface area (Å²) in [6, 6.07) is 8.32. The zero-order valence-electron chi connectivity index (χ0n) is 9.69. The predicted octanol–water partition coefficient (Wildman–Crippen LogP) is 3.69. The molecule has 1 N–H and O–H groups in total. The molecule has 1 atom stereocenters. The first kappa shape index (κ1) is 12.6. The SMILES string of the molecule is CCNC(Cc1nccs1)c1ccc(Cl)cc1. The highest BCUT2D eigenvalue weighted by molar-refractivity contribution is 7.09. The van der Waals surface area contributed by atoms with Crippen LogP contribution in [-0.2, 0) is 6.42 Å². The number of thiazole rings is 1. The molecular formula is C13H15ClN2S. The summed E-state index contributed by atoms with van der Waals surface area (Å²) in [5.74, 6) is 0. The number of nitrogens with zero attached hydrogens (tertiary/aromatic N) is 1. The van der Waals surface area contributed by atoms with Crippen LogP contribution in [0.2, 0.25) is 5.02 Å². The first-order valence-corrected chi connectivity index (χ1v) is 6.92. The van der Waals surface area contributed by atoms with Crippen LogP contribution in [0, 0.1) is 0 Å². The lowest BCUT2D eigenvalue weighted by Gasteiger charge is -2.17. The average Bonchev–Trinajstić information content (AvgIpc) is 2.82. The van der Waals surface area contributed by atoms with Crippen LogP contribution in [0.5, 0.6) is 0 Å². The molecule has 17 heavy (non-hydrogen) atoms. The van der Waals surface area contributed by atoms with Gasteiger partial charge in [-0.05, 0) is 24.2 Å². The molecule has 0 saturated heterocycles. The Morgan fingerprint density at radius 2 is 2.12 bits per heavy atom. The first-order chi connectivity index (χ1) is 8.29. The highest BCUT2D eigenvalue weighted by atomic mass is 35.5. The van der Waals surface area contributed by atoms with Gasteiger partial charge in [-0.3, -0.25) is 0 Å². The number of halogens is 1. The molecule has 1 aromatic carbocycles. The number of hydrogen-bond acceptors (Lipinski definition) is 3. The van der Waals surface area contributed by atoms with Crippen molar-refractivity contribution in [2.45, 2.75) is 19.4 Å². The van der Waals surface area contributed by atoms with E-state index in [1.165, 1.54) is 5.56 Å². The molecule has 0 fully saturated rings. The Balaban J connectivity index is 2.13. The molecule has 0 radical (unpaired) electrons. The summed E-state index contributed by atoms with van der Waals surface area (Å²) in [5, 5.41) is 7.43. The van der Waals surface area contributed by atoms with E-state index in [1.54, 1.807) is 11.3 Å². The van der Waals surface area contributed by atoms with Crippen LogP contribution in [0.4, 0.5) is 0 Å². The Hall–Kier alpha value is -0.900. The fourth-order valence-corrected chi connectivity index (χ4v) is 2.57. The van der Waals surface area contributed by atoms with Crippen LogP contribution in [0.15, 0.2) is 35.8 Å². The second-order valence-corrected chi connectivity index (χ2v) is 5.21. The van der Waals surface area contributed by atoms with E-state index in [2.05, 4.69) is 29.4 Å². The van der Waals surface area contributed by atoms with Crippen LogP contribution in [-0.4, -0.2) is 11.5 Å². The van der Waals surface area contributed by atoms with Gasteiger partial charge in [0.2, 0.25) is 0 Å². The third kappa shape index (κ3) is 3.53. The summed E-state index contributed by atoms with van der Waals surface area (Å²) in [7, 11) is 0. The van der Waals surface area contributed by atoms with Crippen molar-refractivity contribution >= 4 is 22.9 Å². The number of rotatable bonds is 5. The van der Waals surface area contributed by atoms with Crippen molar-refractivity contribution in [2.24, 2.45) is 0 Å². The molecule has 2 aromatic rings. The minimum atomic E-state index is 0.309. The van der Waals surface area contributed by atoms with Crippen molar-refractivity contribution in [3.8, 4) is 0 Å². The van der Waals surface area contributed by atoms with Gasteiger partial charge in [0.05, 0.1) is 5.01 Å². The lowest BCUT2D eigenvalue weighted by atomic mass is 10.0. The third-order valence-electron chi connectivity index (χ3n) is 2.59. The van der Waals surface area contributed by atoms with Crippen LogP contribution in [0.25, 0.3) is 0 Å². The molecular weight excluding hydrogens is 252 g/mol. The largest absolute Gasteiger partial charge is 0.310 e. The van der Waals surface area contributed by atoms with E-state index >= 15 is 0 Å². The molecule has 1 unspecified atom stereocenters. The minimum absolute atomic E-state index is 0.309. The Bertz CT molecular complexity index is 439. The van der Waals surface area contributed by atoms with Gasteiger partial charge in [-0.25, -0.2) is 4.98 Å². The molecule has 4 heteroatoms. The summed E-state index contributed by atoms with van der Waals surface area (Å²) in [6.45, 7) is 3.06. The highest BCUT2D eigenvalue weighted by Gasteiger charge is 2.12. The van der Waals surface area contributed by atoms with Gasteiger partial charge in [0.1, 0.15) is 0 Å². The molecule has 0 aliphatic rings. The zero-order valence-corrected chi connectivity index (χ0v) is 11.3. The molecule has 0 spiro atoms. The maximum absolute atomic E-state index is 5.91. The van der Waals surface area contributed by atoms with E-state index in [1.807, 2.05) is 23.7 Å². The topological polar surface area (TPSA) is 24.9 Å². The molecule has 1 aromatic heterocycles. The van der Waals surface area contributed by atoms with Gasteiger partial charge >= 0.3 is 0 Å². The van der Waals surface area contributed by atoms with E-state index in [0.29, 0.717) is 6.04 Å². The van der Waals surface area contributed by atoms with Gasteiger partial charge in [0.25, 0.3) is 0 Å². The molecule has 0 aliphatic heterocycles. The maximum atomic E-state index is 5.91. The van der Waals surface area contributed by atoms with Crippen molar-refractivity contribution < 1.29 is 0 Å². The van der Waals surface area contributed by atoms with Gasteiger partial charge in [-0.15, -0.1) is 11.3 Å². The number of nitrogens with one attached hydrogen (secondary N) is 1. The third-order valence-corrected chi connectivity index (χ3v) is 3.64. The predicted molar refractivity (Wildman–Crippen MR) is 73.7 cm³/mol. The molecule has 1 heterocycles. The Kier molecular flexibility index (Phi) is 4.54. The second kappa shape index (κ2) is 6.15. The molecule has 2 rings (SSSR count). The Labute approximate surface area is 111 Å². The van der Waals surface area contributed by atoms with Crippen LogP contribution in [0.1, 0.15) is 23.5 Å². The minimum Gasteiger partial charge on any atom is -0.310 e. The normalized spacial score (nSPS) is 12.6. The van der Waals surface area contributed by atoms with Gasteiger partial charge < -0.3 is 5.32 Å². The van der Waals surface area contributed by atoms with E-state index < -0.39 is 0 Å². The maximum Gasteiger partial charge on any atom is 0.0943 e. The van der Waals surface area contributed by atoms with E-state index in [4.69, 9.17) is 11.6 Å².